The Labute approximate surface area is 91.6 Å². The van der Waals surface area contributed by atoms with E-state index in [1.54, 1.807) is 19.0 Å². The smallest absolute Gasteiger partial charge is 0.223 e. The summed E-state index contributed by atoms with van der Waals surface area (Å²) in [5.41, 5.74) is 0. The third-order valence-corrected chi connectivity index (χ3v) is 2.96. The Kier molecular flexibility index (Phi) is 5.05. The second kappa shape index (κ2) is 6.08. The Morgan fingerprint density at radius 2 is 2.20 bits per heavy atom. The summed E-state index contributed by atoms with van der Waals surface area (Å²) in [6, 6.07) is 0. The van der Waals surface area contributed by atoms with E-state index < -0.39 is 0 Å². The van der Waals surface area contributed by atoms with Gasteiger partial charge in [-0.3, -0.25) is 4.79 Å². The van der Waals surface area contributed by atoms with Crippen molar-refractivity contribution >= 4 is 5.91 Å². The van der Waals surface area contributed by atoms with Gasteiger partial charge in [0.2, 0.25) is 5.91 Å². The highest BCUT2D eigenvalue weighted by Crippen LogP contribution is 2.24. The first-order chi connectivity index (χ1) is 7.09. The van der Waals surface area contributed by atoms with Crippen LogP contribution in [0.4, 0.5) is 0 Å². The molecule has 0 aromatic heterocycles. The number of hydrogen-bond acceptors (Lipinski definition) is 3. The van der Waals surface area contributed by atoms with Crippen molar-refractivity contribution in [2.75, 3.05) is 27.2 Å². The lowest BCUT2D eigenvalue weighted by atomic mass is 10.1. The summed E-state index contributed by atoms with van der Waals surface area (Å²) in [7, 11) is 3.55. The number of carbonyl (C=O) groups excluding carboxylic acids is 1. The SMILES string of the molecule is CN(C)C(=O)CCNCC1CCC(O)C1. The molecule has 0 radical (unpaired) electrons. The van der Waals surface area contributed by atoms with Crippen molar-refractivity contribution in [1.29, 1.82) is 0 Å². The molecule has 0 saturated heterocycles. The van der Waals surface area contributed by atoms with Crippen LogP contribution in [-0.4, -0.2) is 49.2 Å². The van der Waals surface area contributed by atoms with Crippen LogP contribution < -0.4 is 5.32 Å². The highest BCUT2D eigenvalue weighted by molar-refractivity contribution is 5.75. The molecule has 0 spiro atoms. The van der Waals surface area contributed by atoms with Gasteiger partial charge in [0.05, 0.1) is 6.10 Å². The number of aliphatic hydroxyl groups is 1. The average Bonchev–Trinajstić information content (AvgIpc) is 2.58. The lowest BCUT2D eigenvalue weighted by molar-refractivity contribution is -0.128. The molecule has 4 nitrogen and oxygen atoms in total. The van der Waals surface area contributed by atoms with E-state index in [0.29, 0.717) is 12.3 Å². The first kappa shape index (κ1) is 12.5. The molecule has 1 fully saturated rings. The van der Waals surface area contributed by atoms with E-state index >= 15 is 0 Å². The van der Waals surface area contributed by atoms with Crippen LogP contribution in [0.2, 0.25) is 0 Å². The largest absolute Gasteiger partial charge is 0.393 e. The minimum Gasteiger partial charge on any atom is -0.393 e. The summed E-state index contributed by atoms with van der Waals surface area (Å²) in [4.78, 5) is 12.8. The molecule has 4 heteroatoms. The van der Waals surface area contributed by atoms with Gasteiger partial charge in [0, 0.05) is 27.1 Å². The molecule has 2 N–H and O–H groups in total. The van der Waals surface area contributed by atoms with Gasteiger partial charge >= 0.3 is 0 Å². The van der Waals surface area contributed by atoms with E-state index in [0.717, 1.165) is 32.4 Å². The summed E-state index contributed by atoms with van der Waals surface area (Å²) in [6.45, 7) is 1.67. The van der Waals surface area contributed by atoms with Gasteiger partial charge in [-0.25, -0.2) is 0 Å². The fourth-order valence-corrected chi connectivity index (χ4v) is 1.96. The topological polar surface area (TPSA) is 52.6 Å². The van der Waals surface area contributed by atoms with Gasteiger partial charge in [-0.05, 0) is 31.7 Å². The predicted octanol–water partition coefficient (Wildman–Crippen LogP) is 0.215. The van der Waals surface area contributed by atoms with Crippen molar-refractivity contribution in [3.63, 3.8) is 0 Å². The zero-order chi connectivity index (χ0) is 11.3. The molecule has 1 aliphatic rings. The van der Waals surface area contributed by atoms with Gasteiger partial charge in [-0.2, -0.15) is 0 Å². The van der Waals surface area contributed by atoms with Gasteiger partial charge < -0.3 is 15.3 Å². The summed E-state index contributed by atoms with van der Waals surface area (Å²) >= 11 is 0. The van der Waals surface area contributed by atoms with E-state index in [1.807, 2.05) is 0 Å². The first-order valence-electron chi connectivity index (χ1n) is 5.68. The summed E-state index contributed by atoms with van der Waals surface area (Å²) < 4.78 is 0. The molecule has 0 aromatic rings. The molecule has 0 aromatic carbocycles. The number of nitrogens with zero attached hydrogens (tertiary/aromatic N) is 1. The fraction of sp³-hybridized carbons (Fsp3) is 0.909. The Balaban J connectivity index is 2.00. The maximum atomic E-state index is 11.2. The minimum atomic E-state index is -0.0970. The van der Waals surface area contributed by atoms with Gasteiger partial charge in [0.15, 0.2) is 0 Å². The molecule has 88 valence electrons. The molecule has 0 heterocycles. The van der Waals surface area contributed by atoms with Crippen LogP contribution in [-0.2, 0) is 4.79 Å². The van der Waals surface area contributed by atoms with E-state index in [1.165, 1.54) is 0 Å². The van der Waals surface area contributed by atoms with Crippen LogP contribution in [0, 0.1) is 5.92 Å². The van der Waals surface area contributed by atoms with Crippen molar-refractivity contribution in [1.82, 2.24) is 10.2 Å². The second-order valence-corrected chi connectivity index (χ2v) is 4.58. The van der Waals surface area contributed by atoms with Gasteiger partial charge in [0.1, 0.15) is 0 Å². The van der Waals surface area contributed by atoms with Crippen LogP contribution >= 0.6 is 0 Å². The monoisotopic (exact) mass is 214 g/mol. The molecular weight excluding hydrogens is 192 g/mol. The number of hydrogen-bond donors (Lipinski definition) is 2. The Morgan fingerprint density at radius 3 is 2.73 bits per heavy atom. The van der Waals surface area contributed by atoms with Crippen molar-refractivity contribution in [2.45, 2.75) is 31.8 Å². The molecule has 1 aliphatic carbocycles. The van der Waals surface area contributed by atoms with E-state index in [-0.39, 0.29) is 12.0 Å². The maximum Gasteiger partial charge on any atom is 0.223 e. The highest BCUT2D eigenvalue weighted by atomic mass is 16.3. The Hall–Kier alpha value is -0.610. The van der Waals surface area contributed by atoms with Crippen molar-refractivity contribution in [3.8, 4) is 0 Å². The fourth-order valence-electron chi connectivity index (χ4n) is 1.96. The molecule has 1 rings (SSSR count). The van der Waals surface area contributed by atoms with Gasteiger partial charge in [-0.1, -0.05) is 0 Å². The van der Waals surface area contributed by atoms with Crippen molar-refractivity contribution in [3.05, 3.63) is 0 Å². The van der Waals surface area contributed by atoms with Crippen LogP contribution in [0.25, 0.3) is 0 Å². The molecule has 0 aliphatic heterocycles. The van der Waals surface area contributed by atoms with Gasteiger partial charge in [-0.15, -0.1) is 0 Å². The molecule has 2 atom stereocenters. The molecular formula is C11H22N2O2. The summed E-state index contributed by atoms with van der Waals surface area (Å²) in [5, 5.41) is 12.6. The van der Waals surface area contributed by atoms with E-state index in [9.17, 15) is 9.90 Å². The first-order valence-corrected chi connectivity index (χ1v) is 5.68. The number of rotatable bonds is 5. The Bertz CT molecular complexity index is 207. The predicted molar refractivity (Wildman–Crippen MR) is 59.5 cm³/mol. The van der Waals surface area contributed by atoms with E-state index in [2.05, 4.69) is 5.32 Å². The quantitative estimate of drug-likeness (QED) is 0.644. The molecule has 1 saturated carbocycles. The standard InChI is InChI=1S/C11H22N2O2/c1-13(2)11(15)5-6-12-8-9-3-4-10(14)7-9/h9-10,12,14H,3-8H2,1-2H3. The normalized spacial score (nSPS) is 25.5. The molecule has 2 unspecified atom stereocenters. The molecule has 1 amide bonds. The van der Waals surface area contributed by atoms with Gasteiger partial charge in [0.25, 0.3) is 0 Å². The van der Waals surface area contributed by atoms with Crippen molar-refractivity contribution in [2.24, 2.45) is 5.92 Å². The third-order valence-electron chi connectivity index (χ3n) is 2.96. The Morgan fingerprint density at radius 1 is 1.47 bits per heavy atom. The highest BCUT2D eigenvalue weighted by Gasteiger charge is 2.21. The second-order valence-electron chi connectivity index (χ2n) is 4.58. The average molecular weight is 214 g/mol. The van der Waals surface area contributed by atoms with Crippen molar-refractivity contribution < 1.29 is 9.90 Å². The molecule has 0 bridgehead atoms. The number of carbonyl (C=O) groups is 1. The third kappa shape index (κ3) is 4.62. The van der Waals surface area contributed by atoms with Crippen LogP contribution in [0.15, 0.2) is 0 Å². The lowest BCUT2D eigenvalue weighted by Crippen LogP contribution is -2.29. The van der Waals surface area contributed by atoms with Crippen LogP contribution in [0.5, 0.6) is 0 Å². The summed E-state index contributed by atoms with van der Waals surface area (Å²) in [6.07, 6.45) is 3.41. The van der Waals surface area contributed by atoms with E-state index in [4.69, 9.17) is 0 Å². The zero-order valence-corrected chi connectivity index (χ0v) is 9.70. The summed E-state index contributed by atoms with van der Waals surface area (Å²) in [5.74, 6) is 0.753. The number of amides is 1. The van der Waals surface area contributed by atoms with Crippen LogP contribution in [0.3, 0.4) is 0 Å². The van der Waals surface area contributed by atoms with Crippen LogP contribution in [0.1, 0.15) is 25.7 Å². The molecule has 15 heavy (non-hydrogen) atoms. The number of aliphatic hydroxyl groups excluding tert-OH is 1. The lowest BCUT2D eigenvalue weighted by Gasteiger charge is -2.12. The maximum absolute atomic E-state index is 11.2. The zero-order valence-electron chi connectivity index (χ0n) is 9.70. The minimum absolute atomic E-state index is 0.0970. The number of nitrogens with one attached hydrogen (secondary N) is 1.